The molecule has 0 fully saturated rings. The van der Waals surface area contributed by atoms with Crippen LogP contribution in [0.3, 0.4) is 0 Å². The van der Waals surface area contributed by atoms with Crippen molar-refractivity contribution in [2.75, 3.05) is 0 Å². The molecule has 1 rings (SSSR count). The molecule has 0 heterocycles. The molecule has 1 aromatic rings. The molecule has 0 amide bonds. The van der Waals surface area contributed by atoms with Crippen LogP contribution in [0.2, 0.25) is 0 Å². The molecule has 5 heteroatoms. The van der Waals surface area contributed by atoms with Crippen LogP contribution in [-0.2, 0) is 0 Å². The highest BCUT2D eigenvalue weighted by atomic mass is 79.9. The van der Waals surface area contributed by atoms with Gasteiger partial charge in [-0.15, -0.1) is 0 Å². The average Bonchev–Trinajstić information content (AvgIpc) is 2.09. The van der Waals surface area contributed by atoms with Gasteiger partial charge in [0.05, 0.1) is 0 Å². The molecule has 0 aromatic heterocycles. The molecule has 3 nitrogen and oxygen atoms in total. The molecule has 3 N–H and O–H groups in total. The number of ether oxygens (including phenoxy) is 1. The average molecular weight is 261 g/mol. The zero-order chi connectivity index (χ0) is 10.7. The Morgan fingerprint density at radius 2 is 2.29 bits per heavy atom. The third-order valence-electron chi connectivity index (χ3n) is 1.64. The molecule has 1 unspecified atom stereocenters. The summed E-state index contributed by atoms with van der Waals surface area (Å²) in [6, 6.07) is 4.44. The van der Waals surface area contributed by atoms with E-state index in [1.165, 1.54) is 12.1 Å². The second kappa shape index (κ2) is 4.41. The molecule has 0 bridgehead atoms. The van der Waals surface area contributed by atoms with Crippen molar-refractivity contribution < 1.29 is 9.13 Å². The molecule has 1 aromatic carbocycles. The van der Waals surface area contributed by atoms with Crippen LogP contribution in [0.4, 0.5) is 4.39 Å². The van der Waals surface area contributed by atoms with Gasteiger partial charge in [0, 0.05) is 4.47 Å². The van der Waals surface area contributed by atoms with E-state index in [1.807, 2.05) is 0 Å². The number of nitrogens with two attached hydrogens (primary N) is 1. The van der Waals surface area contributed by atoms with E-state index < -0.39 is 11.9 Å². The van der Waals surface area contributed by atoms with E-state index in [0.29, 0.717) is 4.47 Å². The zero-order valence-electron chi connectivity index (χ0n) is 7.55. The standard InChI is InChI=1S/C9H10BrFN2O/c1-5(9(12)13)14-8-3-2-6(10)4-7(8)11/h2-5H,1H3,(H3,12,13). The van der Waals surface area contributed by atoms with Crippen LogP contribution in [0.15, 0.2) is 22.7 Å². The van der Waals surface area contributed by atoms with Gasteiger partial charge >= 0.3 is 0 Å². The number of halogens is 2. The van der Waals surface area contributed by atoms with Gasteiger partial charge in [0.1, 0.15) is 5.84 Å². The normalized spacial score (nSPS) is 12.2. The maximum absolute atomic E-state index is 13.2. The van der Waals surface area contributed by atoms with Gasteiger partial charge in [0.15, 0.2) is 17.7 Å². The van der Waals surface area contributed by atoms with E-state index in [4.69, 9.17) is 15.9 Å². The number of nitrogens with one attached hydrogen (secondary N) is 1. The molecule has 0 saturated carbocycles. The first-order chi connectivity index (χ1) is 6.50. The molecule has 0 radical (unpaired) electrons. The van der Waals surface area contributed by atoms with E-state index in [-0.39, 0.29) is 11.6 Å². The summed E-state index contributed by atoms with van der Waals surface area (Å²) < 4.78 is 19.0. The van der Waals surface area contributed by atoms with E-state index in [9.17, 15) is 4.39 Å². The van der Waals surface area contributed by atoms with Gasteiger partial charge in [-0.1, -0.05) is 15.9 Å². The Labute approximate surface area is 89.7 Å². The summed E-state index contributed by atoms with van der Waals surface area (Å²) >= 11 is 3.13. The monoisotopic (exact) mass is 260 g/mol. The molecular formula is C9H10BrFN2O. The molecule has 0 spiro atoms. The van der Waals surface area contributed by atoms with Crippen molar-refractivity contribution in [2.45, 2.75) is 13.0 Å². The molecule has 14 heavy (non-hydrogen) atoms. The van der Waals surface area contributed by atoms with Crippen LogP contribution in [0.5, 0.6) is 5.75 Å². The van der Waals surface area contributed by atoms with Crippen molar-refractivity contribution in [3.63, 3.8) is 0 Å². The van der Waals surface area contributed by atoms with Gasteiger partial charge in [0.2, 0.25) is 0 Å². The lowest BCUT2D eigenvalue weighted by Crippen LogP contribution is -2.30. The predicted octanol–water partition coefficient (Wildman–Crippen LogP) is 2.29. The third kappa shape index (κ3) is 2.70. The summed E-state index contributed by atoms with van der Waals surface area (Å²) in [6.45, 7) is 1.59. The van der Waals surface area contributed by atoms with Gasteiger partial charge in [-0.3, -0.25) is 5.41 Å². The molecule has 0 aliphatic heterocycles. The molecule has 1 atom stereocenters. The molecule has 0 saturated heterocycles. The highest BCUT2D eigenvalue weighted by Crippen LogP contribution is 2.22. The summed E-state index contributed by atoms with van der Waals surface area (Å²) in [6.07, 6.45) is -0.620. The van der Waals surface area contributed by atoms with Crippen molar-refractivity contribution >= 4 is 21.8 Å². The van der Waals surface area contributed by atoms with Crippen LogP contribution in [0.25, 0.3) is 0 Å². The minimum absolute atomic E-state index is 0.0934. The van der Waals surface area contributed by atoms with Gasteiger partial charge in [-0.2, -0.15) is 0 Å². The predicted molar refractivity (Wildman–Crippen MR) is 56.1 cm³/mol. The summed E-state index contributed by atoms with van der Waals surface area (Å²) in [5.41, 5.74) is 5.19. The minimum atomic E-state index is -0.620. The lowest BCUT2D eigenvalue weighted by Gasteiger charge is -2.13. The fourth-order valence-electron chi connectivity index (χ4n) is 0.825. The summed E-state index contributed by atoms with van der Waals surface area (Å²) in [7, 11) is 0. The van der Waals surface area contributed by atoms with Crippen molar-refractivity contribution in [3.05, 3.63) is 28.5 Å². The quantitative estimate of drug-likeness (QED) is 0.647. The fraction of sp³-hybridized carbons (Fsp3) is 0.222. The second-order valence-electron chi connectivity index (χ2n) is 2.79. The number of benzene rings is 1. The van der Waals surface area contributed by atoms with Crippen molar-refractivity contribution in [1.29, 1.82) is 5.41 Å². The lowest BCUT2D eigenvalue weighted by molar-refractivity contribution is 0.270. The van der Waals surface area contributed by atoms with Gasteiger partial charge < -0.3 is 10.5 Å². The Hall–Kier alpha value is -1.10. The fourth-order valence-corrected chi connectivity index (χ4v) is 1.16. The van der Waals surface area contributed by atoms with Crippen LogP contribution in [-0.4, -0.2) is 11.9 Å². The molecule has 76 valence electrons. The Balaban J connectivity index is 2.82. The maximum atomic E-state index is 13.2. The maximum Gasteiger partial charge on any atom is 0.166 e. The Morgan fingerprint density at radius 3 is 2.79 bits per heavy atom. The first-order valence-corrected chi connectivity index (χ1v) is 4.75. The van der Waals surface area contributed by atoms with Gasteiger partial charge in [-0.25, -0.2) is 4.39 Å². The lowest BCUT2D eigenvalue weighted by atomic mass is 10.3. The van der Waals surface area contributed by atoms with Crippen molar-refractivity contribution in [2.24, 2.45) is 5.73 Å². The molecule has 0 aliphatic rings. The SMILES string of the molecule is CC(Oc1ccc(Br)cc1F)C(=N)N. The first kappa shape index (κ1) is 11.0. The molecule has 0 aliphatic carbocycles. The second-order valence-corrected chi connectivity index (χ2v) is 3.71. The van der Waals surface area contributed by atoms with E-state index >= 15 is 0 Å². The smallest absolute Gasteiger partial charge is 0.166 e. The summed E-state index contributed by atoms with van der Waals surface area (Å²) in [5, 5.41) is 7.08. The number of hydrogen-bond donors (Lipinski definition) is 2. The van der Waals surface area contributed by atoms with E-state index in [2.05, 4.69) is 15.9 Å². The van der Waals surface area contributed by atoms with Crippen LogP contribution in [0, 0.1) is 11.2 Å². The van der Waals surface area contributed by atoms with Gasteiger partial charge in [0.25, 0.3) is 0 Å². The Bertz CT molecular complexity index is 357. The largest absolute Gasteiger partial charge is 0.480 e. The minimum Gasteiger partial charge on any atom is -0.480 e. The number of rotatable bonds is 3. The number of amidine groups is 1. The zero-order valence-corrected chi connectivity index (χ0v) is 9.14. The van der Waals surface area contributed by atoms with Crippen molar-refractivity contribution in [3.8, 4) is 5.75 Å². The Kier molecular flexibility index (Phi) is 3.46. The highest BCUT2D eigenvalue weighted by molar-refractivity contribution is 9.10. The van der Waals surface area contributed by atoms with Crippen LogP contribution >= 0.6 is 15.9 Å². The Morgan fingerprint density at radius 1 is 1.64 bits per heavy atom. The molecular weight excluding hydrogens is 251 g/mol. The summed E-state index contributed by atoms with van der Waals surface area (Å²) in [5.74, 6) is -0.518. The number of hydrogen-bond acceptors (Lipinski definition) is 2. The van der Waals surface area contributed by atoms with E-state index in [0.717, 1.165) is 0 Å². The first-order valence-electron chi connectivity index (χ1n) is 3.96. The topological polar surface area (TPSA) is 59.1 Å². The summed E-state index contributed by atoms with van der Waals surface area (Å²) in [4.78, 5) is 0. The van der Waals surface area contributed by atoms with Crippen molar-refractivity contribution in [1.82, 2.24) is 0 Å². The van der Waals surface area contributed by atoms with Crippen LogP contribution < -0.4 is 10.5 Å². The van der Waals surface area contributed by atoms with E-state index in [1.54, 1.807) is 13.0 Å². The van der Waals surface area contributed by atoms with Crippen LogP contribution in [0.1, 0.15) is 6.92 Å². The third-order valence-corrected chi connectivity index (χ3v) is 2.13. The highest BCUT2D eigenvalue weighted by Gasteiger charge is 2.10. The van der Waals surface area contributed by atoms with Gasteiger partial charge in [-0.05, 0) is 25.1 Å².